The van der Waals surface area contributed by atoms with Crippen molar-refractivity contribution in [2.75, 3.05) is 6.61 Å². The van der Waals surface area contributed by atoms with E-state index in [1.54, 1.807) is 12.4 Å². The van der Waals surface area contributed by atoms with Crippen molar-refractivity contribution in [3.63, 3.8) is 0 Å². The van der Waals surface area contributed by atoms with Gasteiger partial charge >= 0.3 is 10.3 Å². The van der Waals surface area contributed by atoms with Crippen LogP contribution < -0.4 is 5.14 Å². The fraction of sp³-hybridized carbons (Fsp3) is 0.500. The van der Waals surface area contributed by atoms with Crippen LogP contribution in [-0.4, -0.2) is 25.0 Å². The second-order valence-electron chi connectivity index (χ2n) is 3.29. The van der Waals surface area contributed by atoms with Crippen molar-refractivity contribution in [2.24, 2.45) is 5.14 Å². The fourth-order valence-electron chi connectivity index (χ4n) is 1.08. The topological polar surface area (TPSA) is 95.2 Å². The molecular weight excluding hydrogens is 254 g/mol. The Morgan fingerprint density at radius 3 is 2.56 bits per heavy atom. The molecule has 1 rings (SSSR count). The summed E-state index contributed by atoms with van der Waals surface area (Å²) >= 11 is 5.54. The molecule has 16 heavy (non-hydrogen) atoms. The number of nitrogens with zero attached hydrogens (tertiary/aromatic N) is 2. The SMILES string of the molecule is CC(CCOS(N)(=O)=O)c1cnc(Cl)nc1. The largest absolute Gasteiger partial charge is 0.333 e. The average Bonchev–Trinajstić information content (AvgIpc) is 2.16. The van der Waals surface area contributed by atoms with E-state index in [9.17, 15) is 8.42 Å². The molecule has 0 amide bonds. The van der Waals surface area contributed by atoms with Gasteiger partial charge in [0.1, 0.15) is 0 Å². The second kappa shape index (κ2) is 5.53. The Morgan fingerprint density at radius 2 is 2.06 bits per heavy atom. The number of hydrogen-bond acceptors (Lipinski definition) is 5. The smallest absolute Gasteiger partial charge is 0.258 e. The second-order valence-corrected chi connectivity index (χ2v) is 4.85. The van der Waals surface area contributed by atoms with Crippen molar-refractivity contribution in [1.29, 1.82) is 0 Å². The molecule has 1 aromatic heterocycles. The molecule has 0 aliphatic heterocycles. The lowest BCUT2D eigenvalue weighted by atomic mass is 10.0. The predicted octanol–water partition coefficient (Wildman–Crippen LogP) is 0.844. The first kappa shape index (κ1) is 13.3. The van der Waals surface area contributed by atoms with Gasteiger partial charge in [0.25, 0.3) is 0 Å². The van der Waals surface area contributed by atoms with Crippen molar-refractivity contribution in [2.45, 2.75) is 19.3 Å². The lowest BCUT2D eigenvalue weighted by Gasteiger charge is -2.10. The van der Waals surface area contributed by atoms with Crippen molar-refractivity contribution in [1.82, 2.24) is 9.97 Å². The third-order valence-corrected chi connectivity index (χ3v) is 2.70. The number of hydrogen-bond donors (Lipinski definition) is 1. The van der Waals surface area contributed by atoms with Crippen LogP contribution in [0.15, 0.2) is 12.4 Å². The van der Waals surface area contributed by atoms with Crippen LogP contribution in [-0.2, 0) is 14.5 Å². The molecule has 0 saturated heterocycles. The summed E-state index contributed by atoms with van der Waals surface area (Å²) in [6, 6.07) is 0. The molecule has 8 heteroatoms. The van der Waals surface area contributed by atoms with Gasteiger partial charge in [-0.05, 0) is 29.5 Å². The van der Waals surface area contributed by atoms with E-state index in [1.807, 2.05) is 6.92 Å². The Hall–Kier alpha value is -0.760. The zero-order chi connectivity index (χ0) is 12.2. The first-order valence-electron chi connectivity index (χ1n) is 4.53. The van der Waals surface area contributed by atoms with Crippen LogP contribution in [0.25, 0.3) is 0 Å². The maximum absolute atomic E-state index is 10.5. The monoisotopic (exact) mass is 265 g/mol. The molecule has 2 N–H and O–H groups in total. The van der Waals surface area contributed by atoms with E-state index < -0.39 is 10.3 Å². The Morgan fingerprint density at radius 1 is 1.50 bits per heavy atom. The van der Waals surface area contributed by atoms with Crippen LogP contribution in [0.5, 0.6) is 0 Å². The van der Waals surface area contributed by atoms with E-state index in [0.717, 1.165) is 5.56 Å². The van der Waals surface area contributed by atoms with E-state index in [1.165, 1.54) is 0 Å². The Balaban J connectivity index is 2.47. The third kappa shape index (κ3) is 4.84. The average molecular weight is 266 g/mol. The highest BCUT2D eigenvalue weighted by atomic mass is 35.5. The molecule has 6 nitrogen and oxygen atoms in total. The zero-order valence-electron chi connectivity index (χ0n) is 8.63. The van der Waals surface area contributed by atoms with Crippen molar-refractivity contribution < 1.29 is 12.6 Å². The molecule has 0 radical (unpaired) electrons. The molecule has 0 aliphatic carbocycles. The highest BCUT2D eigenvalue weighted by molar-refractivity contribution is 7.84. The van der Waals surface area contributed by atoms with Gasteiger partial charge in [0.15, 0.2) is 0 Å². The molecule has 1 aromatic rings. The van der Waals surface area contributed by atoms with Gasteiger partial charge in [0, 0.05) is 12.4 Å². The molecule has 0 saturated carbocycles. The van der Waals surface area contributed by atoms with Crippen LogP contribution in [0, 0.1) is 0 Å². The number of rotatable bonds is 5. The van der Waals surface area contributed by atoms with Gasteiger partial charge in [-0.25, -0.2) is 15.1 Å². The molecule has 0 bridgehead atoms. The Bertz CT molecular complexity index is 434. The van der Waals surface area contributed by atoms with Crippen LogP contribution in [0.2, 0.25) is 5.28 Å². The fourth-order valence-corrected chi connectivity index (χ4v) is 1.51. The molecule has 0 spiro atoms. The van der Waals surface area contributed by atoms with Gasteiger partial charge in [0.05, 0.1) is 6.61 Å². The Kier molecular flexibility index (Phi) is 4.60. The first-order valence-corrected chi connectivity index (χ1v) is 6.38. The van der Waals surface area contributed by atoms with E-state index >= 15 is 0 Å². The summed E-state index contributed by atoms with van der Waals surface area (Å²) < 4.78 is 25.4. The molecule has 90 valence electrons. The van der Waals surface area contributed by atoms with Gasteiger partial charge in [-0.2, -0.15) is 8.42 Å². The van der Waals surface area contributed by atoms with Crippen molar-refractivity contribution in [3.8, 4) is 0 Å². The van der Waals surface area contributed by atoms with E-state index in [4.69, 9.17) is 11.6 Å². The summed E-state index contributed by atoms with van der Waals surface area (Å²) in [6.07, 6.45) is 3.69. The van der Waals surface area contributed by atoms with E-state index in [0.29, 0.717) is 6.42 Å². The summed E-state index contributed by atoms with van der Waals surface area (Å²) in [4.78, 5) is 7.66. The summed E-state index contributed by atoms with van der Waals surface area (Å²) in [6.45, 7) is 1.93. The van der Waals surface area contributed by atoms with Crippen molar-refractivity contribution >= 4 is 21.9 Å². The van der Waals surface area contributed by atoms with Gasteiger partial charge in [0.2, 0.25) is 5.28 Å². The van der Waals surface area contributed by atoms with Crippen LogP contribution in [0.1, 0.15) is 24.8 Å². The molecule has 0 aromatic carbocycles. The van der Waals surface area contributed by atoms with Gasteiger partial charge in [-0.1, -0.05) is 6.92 Å². The predicted molar refractivity (Wildman–Crippen MR) is 59.1 cm³/mol. The number of aromatic nitrogens is 2. The molecule has 0 aliphatic rings. The minimum absolute atomic E-state index is 0.0304. The summed E-state index contributed by atoms with van der Waals surface area (Å²) in [5.74, 6) is 0.0685. The normalized spacial score (nSPS) is 13.7. The molecule has 1 heterocycles. The summed E-state index contributed by atoms with van der Waals surface area (Å²) in [5.41, 5.74) is 0.863. The maximum Gasteiger partial charge on any atom is 0.333 e. The quantitative estimate of drug-likeness (QED) is 0.796. The van der Waals surface area contributed by atoms with Crippen LogP contribution in [0.4, 0.5) is 0 Å². The van der Waals surface area contributed by atoms with Crippen molar-refractivity contribution in [3.05, 3.63) is 23.2 Å². The van der Waals surface area contributed by atoms with Crippen LogP contribution in [0.3, 0.4) is 0 Å². The highest BCUT2D eigenvalue weighted by Gasteiger charge is 2.09. The van der Waals surface area contributed by atoms with Gasteiger partial charge < -0.3 is 0 Å². The van der Waals surface area contributed by atoms with E-state index in [-0.39, 0.29) is 17.8 Å². The number of nitrogens with two attached hydrogens (primary N) is 1. The van der Waals surface area contributed by atoms with Crippen LogP contribution >= 0.6 is 11.6 Å². The first-order chi connectivity index (χ1) is 7.38. The lowest BCUT2D eigenvalue weighted by molar-refractivity contribution is 0.303. The molecule has 1 atom stereocenters. The minimum Gasteiger partial charge on any atom is -0.258 e. The maximum atomic E-state index is 10.5. The zero-order valence-corrected chi connectivity index (χ0v) is 10.2. The molecule has 0 fully saturated rings. The van der Waals surface area contributed by atoms with Gasteiger partial charge in [-0.15, -0.1) is 0 Å². The summed E-state index contributed by atoms with van der Waals surface area (Å²) in [5, 5.41) is 4.87. The highest BCUT2D eigenvalue weighted by Crippen LogP contribution is 2.17. The lowest BCUT2D eigenvalue weighted by Crippen LogP contribution is -2.17. The molecular formula is C8H12ClN3O3S. The minimum atomic E-state index is -3.86. The summed E-state index contributed by atoms with van der Waals surface area (Å²) in [7, 11) is -3.86. The Labute approximate surface area is 99.1 Å². The third-order valence-electron chi connectivity index (χ3n) is 2.01. The van der Waals surface area contributed by atoms with E-state index in [2.05, 4.69) is 19.3 Å². The molecule has 1 unspecified atom stereocenters. The standard InChI is InChI=1S/C8H12ClN3O3S/c1-6(2-3-15-16(10,13)14)7-4-11-8(9)12-5-7/h4-6H,2-3H2,1H3,(H2,10,13,14). The van der Waals surface area contributed by atoms with Gasteiger partial charge in [-0.3, -0.25) is 4.18 Å². The number of halogens is 1.